The number of pyridine rings is 1. The van der Waals surface area contributed by atoms with E-state index in [4.69, 9.17) is 10.8 Å². The van der Waals surface area contributed by atoms with E-state index in [-0.39, 0.29) is 25.1 Å². The summed E-state index contributed by atoms with van der Waals surface area (Å²) in [7, 11) is 0. The predicted molar refractivity (Wildman–Crippen MR) is 67.6 cm³/mol. The van der Waals surface area contributed by atoms with Crippen LogP contribution < -0.4 is 5.73 Å². The second kappa shape index (κ2) is 5.80. The van der Waals surface area contributed by atoms with Crippen LogP contribution in [0.25, 0.3) is 10.8 Å². The van der Waals surface area contributed by atoms with Crippen LogP contribution in [0.2, 0.25) is 0 Å². The van der Waals surface area contributed by atoms with Crippen LogP contribution in [0.5, 0.6) is 0 Å². The summed E-state index contributed by atoms with van der Waals surface area (Å²) in [5.41, 5.74) is 7.06. The Bertz CT molecular complexity index is 456. The van der Waals surface area contributed by atoms with Crippen molar-refractivity contribution in [2.75, 3.05) is 6.61 Å². The Morgan fingerprint density at radius 3 is 2.88 bits per heavy atom. The average Bonchev–Trinajstić information content (AvgIpc) is 2.28. The van der Waals surface area contributed by atoms with E-state index in [2.05, 4.69) is 4.98 Å². The molecule has 0 aliphatic rings. The maximum Gasteiger partial charge on any atom is 0.0449 e. The molecule has 1 aromatic carbocycles. The Morgan fingerprint density at radius 1 is 1.31 bits per heavy atom. The quantitative estimate of drug-likeness (QED) is 0.860. The number of benzene rings is 1. The Hall–Kier alpha value is -1.16. The normalized spacial score (nSPS) is 12.1. The van der Waals surface area contributed by atoms with Gasteiger partial charge in [-0.2, -0.15) is 0 Å². The van der Waals surface area contributed by atoms with E-state index >= 15 is 0 Å². The van der Waals surface area contributed by atoms with E-state index in [9.17, 15) is 0 Å². The highest BCUT2D eigenvalue weighted by molar-refractivity contribution is 5.85. The molecule has 0 radical (unpaired) electrons. The van der Waals surface area contributed by atoms with Crippen LogP contribution in [-0.4, -0.2) is 16.7 Å². The minimum absolute atomic E-state index is 0. The summed E-state index contributed by atoms with van der Waals surface area (Å²) in [6.45, 7) is 0.114. The lowest BCUT2D eigenvalue weighted by molar-refractivity contribution is 0.277. The first-order valence-corrected chi connectivity index (χ1v) is 5.02. The fourth-order valence-electron chi connectivity index (χ4n) is 1.77. The Kier molecular flexibility index (Phi) is 4.68. The molecule has 1 aromatic heterocycles. The maximum atomic E-state index is 8.88. The monoisotopic (exact) mass is 238 g/mol. The van der Waals surface area contributed by atoms with E-state index in [1.165, 1.54) is 0 Å². The Balaban J connectivity index is 0.00000128. The number of aliphatic hydroxyl groups is 1. The van der Waals surface area contributed by atoms with Gasteiger partial charge in [0.1, 0.15) is 0 Å². The van der Waals surface area contributed by atoms with Crippen LogP contribution in [0.3, 0.4) is 0 Å². The molecule has 2 rings (SSSR count). The average molecular weight is 239 g/mol. The fourth-order valence-corrected chi connectivity index (χ4v) is 1.77. The molecule has 1 unspecified atom stereocenters. The van der Waals surface area contributed by atoms with Crippen molar-refractivity contribution in [1.82, 2.24) is 4.98 Å². The van der Waals surface area contributed by atoms with Gasteiger partial charge < -0.3 is 10.8 Å². The number of aliphatic hydroxyl groups excluding tert-OH is 1. The molecule has 0 spiro atoms. The lowest BCUT2D eigenvalue weighted by atomic mass is 9.99. The van der Waals surface area contributed by atoms with Gasteiger partial charge in [0, 0.05) is 30.4 Å². The molecule has 0 bridgehead atoms. The van der Waals surface area contributed by atoms with Gasteiger partial charge in [-0.25, -0.2) is 0 Å². The number of halogens is 1. The smallest absolute Gasteiger partial charge is 0.0449 e. The number of hydrogen-bond acceptors (Lipinski definition) is 3. The molecule has 16 heavy (non-hydrogen) atoms. The van der Waals surface area contributed by atoms with Crippen molar-refractivity contribution in [2.45, 2.75) is 12.5 Å². The number of rotatable bonds is 3. The molecule has 1 atom stereocenters. The van der Waals surface area contributed by atoms with E-state index < -0.39 is 0 Å². The lowest BCUT2D eigenvalue weighted by Gasteiger charge is -2.12. The molecular formula is C12H15ClN2O. The standard InChI is InChI=1S/C12H14N2O.ClH/c13-12(5-7-15)11-3-1-2-9-8-14-6-4-10(9)11;/h1-4,6,8,12,15H,5,7,13H2;1H. The molecule has 0 amide bonds. The minimum Gasteiger partial charge on any atom is -0.396 e. The first-order chi connectivity index (χ1) is 7.33. The highest BCUT2D eigenvalue weighted by atomic mass is 35.5. The van der Waals surface area contributed by atoms with Crippen LogP contribution >= 0.6 is 12.4 Å². The van der Waals surface area contributed by atoms with Gasteiger partial charge in [0.15, 0.2) is 0 Å². The van der Waals surface area contributed by atoms with E-state index in [1.54, 1.807) is 6.20 Å². The molecule has 2 aromatic rings. The molecule has 1 heterocycles. The zero-order valence-corrected chi connectivity index (χ0v) is 9.65. The topological polar surface area (TPSA) is 59.1 Å². The van der Waals surface area contributed by atoms with E-state index in [0.717, 1.165) is 16.3 Å². The molecule has 3 N–H and O–H groups in total. The molecule has 0 aliphatic carbocycles. The van der Waals surface area contributed by atoms with Crippen LogP contribution in [0, 0.1) is 0 Å². The molecule has 0 saturated carbocycles. The summed E-state index contributed by atoms with van der Waals surface area (Å²) in [6.07, 6.45) is 4.17. The number of aromatic nitrogens is 1. The van der Waals surface area contributed by atoms with Crippen LogP contribution in [0.4, 0.5) is 0 Å². The van der Waals surface area contributed by atoms with Crippen LogP contribution in [-0.2, 0) is 0 Å². The van der Waals surface area contributed by atoms with Crippen molar-refractivity contribution >= 4 is 23.2 Å². The summed E-state index contributed by atoms with van der Waals surface area (Å²) < 4.78 is 0. The number of nitrogens with zero attached hydrogens (tertiary/aromatic N) is 1. The highest BCUT2D eigenvalue weighted by Crippen LogP contribution is 2.23. The molecule has 4 heteroatoms. The van der Waals surface area contributed by atoms with Crippen molar-refractivity contribution < 1.29 is 5.11 Å². The van der Waals surface area contributed by atoms with Gasteiger partial charge in [-0.1, -0.05) is 18.2 Å². The molecule has 0 fully saturated rings. The van der Waals surface area contributed by atoms with E-state index in [1.807, 2.05) is 30.5 Å². The van der Waals surface area contributed by atoms with Gasteiger partial charge in [0.2, 0.25) is 0 Å². The molecule has 3 nitrogen and oxygen atoms in total. The number of fused-ring (bicyclic) bond motifs is 1. The first kappa shape index (κ1) is 12.9. The molecular weight excluding hydrogens is 224 g/mol. The maximum absolute atomic E-state index is 8.88. The van der Waals surface area contributed by atoms with Gasteiger partial charge in [-0.15, -0.1) is 12.4 Å². The predicted octanol–water partition coefficient (Wildman–Crippen LogP) is 2.04. The van der Waals surface area contributed by atoms with Gasteiger partial charge >= 0.3 is 0 Å². The zero-order valence-electron chi connectivity index (χ0n) is 8.84. The third-order valence-electron chi connectivity index (χ3n) is 2.55. The van der Waals surface area contributed by atoms with Crippen LogP contribution in [0.15, 0.2) is 36.7 Å². The number of nitrogens with two attached hydrogens (primary N) is 1. The fraction of sp³-hybridized carbons (Fsp3) is 0.250. The summed E-state index contributed by atoms with van der Waals surface area (Å²) in [5.74, 6) is 0. The zero-order chi connectivity index (χ0) is 10.7. The third-order valence-corrected chi connectivity index (χ3v) is 2.55. The third kappa shape index (κ3) is 2.50. The summed E-state index contributed by atoms with van der Waals surface area (Å²) in [4.78, 5) is 4.07. The minimum atomic E-state index is -0.110. The van der Waals surface area contributed by atoms with E-state index in [0.29, 0.717) is 6.42 Å². The van der Waals surface area contributed by atoms with Crippen molar-refractivity contribution in [1.29, 1.82) is 0 Å². The van der Waals surface area contributed by atoms with Crippen molar-refractivity contribution in [2.24, 2.45) is 5.73 Å². The first-order valence-electron chi connectivity index (χ1n) is 5.02. The molecule has 0 aliphatic heterocycles. The van der Waals surface area contributed by atoms with Gasteiger partial charge in [-0.05, 0) is 23.4 Å². The Labute approximate surface area is 101 Å². The van der Waals surface area contributed by atoms with Crippen molar-refractivity contribution in [3.63, 3.8) is 0 Å². The SMILES string of the molecule is Cl.NC(CCO)c1cccc2cnccc12. The molecule has 0 saturated heterocycles. The van der Waals surface area contributed by atoms with Gasteiger partial charge in [0.05, 0.1) is 0 Å². The van der Waals surface area contributed by atoms with Crippen molar-refractivity contribution in [3.8, 4) is 0 Å². The second-order valence-electron chi connectivity index (χ2n) is 3.56. The second-order valence-corrected chi connectivity index (χ2v) is 3.56. The van der Waals surface area contributed by atoms with Crippen molar-refractivity contribution in [3.05, 3.63) is 42.2 Å². The summed E-state index contributed by atoms with van der Waals surface area (Å²) in [5, 5.41) is 11.1. The van der Waals surface area contributed by atoms with Crippen LogP contribution in [0.1, 0.15) is 18.0 Å². The molecule has 86 valence electrons. The summed E-state index contributed by atoms with van der Waals surface area (Å²) >= 11 is 0. The largest absolute Gasteiger partial charge is 0.396 e. The number of hydrogen-bond donors (Lipinski definition) is 2. The summed E-state index contributed by atoms with van der Waals surface area (Å²) in [6, 6.07) is 7.83. The van der Waals surface area contributed by atoms with Gasteiger partial charge in [0.25, 0.3) is 0 Å². The highest BCUT2D eigenvalue weighted by Gasteiger charge is 2.08. The lowest BCUT2D eigenvalue weighted by Crippen LogP contribution is -2.12. The Morgan fingerprint density at radius 2 is 2.12 bits per heavy atom. The van der Waals surface area contributed by atoms with Gasteiger partial charge in [-0.3, -0.25) is 4.98 Å².